The van der Waals surface area contributed by atoms with Crippen LogP contribution >= 0.6 is 11.8 Å². The molecule has 30 heavy (non-hydrogen) atoms. The van der Waals surface area contributed by atoms with Crippen molar-refractivity contribution in [3.8, 4) is 17.2 Å². The summed E-state index contributed by atoms with van der Waals surface area (Å²) in [6.45, 7) is 0. The largest absolute Gasteiger partial charge is 0.493 e. The number of amides is 1. The van der Waals surface area contributed by atoms with E-state index in [2.05, 4.69) is 9.88 Å². The van der Waals surface area contributed by atoms with Gasteiger partial charge in [-0.25, -0.2) is 4.98 Å². The molecule has 6 nitrogen and oxygen atoms in total. The lowest BCUT2D eigenvalue weighted by Gasteiger charge is -2.11. The summed E-state index contributed by atoms with van der Waals surface area (Å²) in [5, 5.41) is 3.67. The lowest BCUT2D eigenvalue weighted by Crippen LogP contribution is -2.14. The second-order valence-corrected chi connectivity index (χ2v) is 7.40. The van der Waals surface area contributed by atoms with E-state index >= 15 is 0 Å². The Bertz CT molecular complexity index is 1180. The lowest BCUT2D eigenvalue weighted by molar-refractivity contribution is -0.113. The first-order valence-corrected chi connectivity index (χ1v) is 10.4. The van der Waals surface area contributed by atoms with Crippen LogP contribution in [0.3, 0.4) is 0 Å². The Morgan fingerprint density at radius 2 is 1.70 bits per heavy atom. The summed E-state index contributed by atoms with van der Waals surface area (Å²) in [4.78, 5) is 17.3. The van der Waals surface area contributed by atoms with Crippen LogP contribution < -0.4 is 14.8 Å². The Hall–Kier alpha value is -3.45. The molecule has 0 fully saturated rings. The van der Waals surface area contributed by atoms with Crippen molar-refractivity contribution in [1.29, 1.82) is 0 Å². The highest BCUT2D eigenvalue weighted by Crippen LogP contribution is 2.31. The highest BCUT2D eigenvalue weighted by atomic mass is 32.2. The molecule has 0 saturated heterocycles. The fourth-order valence-electron chi connectivity index (χ4n) is 3.17. The van der Waals surface area contributed by atoms with Crippen LogP contribution in [-0.4, -0.2) is 35.4 Å². The van der Waals surface area contributed by atoms with E-state index in [-0.39, 0.29) is 11.7 Å². The standard InChI is InChI=1S/C23H21N3O3S/c1-28-20-13-12-16(14-21(20)29-2)24-22(27)15-30-23-25-18-10-6-7-11-19(18)26(23)17-8-4-3-5-9-17/h3-14H,15H2,1-2H3,(H,24,27). The average Bonchev–Trinajstić information content (AvgIpc) is 3.16. The molecule has 1 aromatic heterocycles. The van der Waals surface area contributed by atoms with Crippen molar-refractivity contribution in [2.45, 2.75) is 5.16 Å². The van der Waals surface area contributed by atoms with Crippen LogP contribution in [0.1, 0.15) is 0 Å². The molecule has 0 spiro atoms. The van der Waals surface area contributed by atoms with Gasteiger partial charge in [-0.05, 0) is 36.4 Å². The van der Waals surface area contributed by atoms with Gasteiger partial charge in [-0.3, -0.25) is 9.36 Å². The summed E-state index contributed by atoms with van der Waals surface area (Å²) in [6, 6.07) is 23.2. The van der Waals surface area contributed by atoms with Crippen LogP contribution in [0.2, 0.25) is 0 Å². The number of aromatic nitrogens is 2. The fourth-order valence-corrected chi connectivity index (χ4v) is 4.00. The van der Waals surface area contributed by atoms with Crippen molar-refractivity contribution in [1.82, 2.24) is 9.55 Å². The first-order chi connectivity index (χ1) is 14.7. The molecule has 0 saturated carbocycles. The molecule has 0 aliphatic heterocycles. The normalized spacial score (nSPS) is 10.7. The predicted molar refractivity (Wildman–Crippen MR) is 120 cm³/mol. The van der Waals surface area contributed by atoms with E-state index in [0.717, 1.165) is 21.9 Å². The van der Waals surface area contributed by atoms with E-state index in [1.165, 1.54) is 11.8 Å². The smallest absolute Gasteiger partial charge is 0.234 e. The minimum atomic E-state index is -0.126. The van der Waals surface area contributed by atoms with Gasteiger partial charge in [0.2, 0.25) is 5.91 Å². The number of rotatable bonds is 7. The van der Waals surface area contributed by atoms with E-state index in [0.29, 0.717) is 17.2 Å². The van der Waals surface area contributed by atoms with Gasteiger partial charge in [-0.1, -0.05) is 42.1 Å². The lowest BCUT2D eigenvalue weighted by atomic mass is 10.2. The van der Waals surface area contributed by atoms with Crippen LogP contribution in [0.4, 0.5) is 5.69 Å². The predicted octanol–water partition coefficient (Wildman–Crippen LogP) is 4.77. The Kier molecular flexibility index (Phi) is 5.90. The Morgan fingerprint density at radius 3 is 2.47 bits per heavy atom. The maximum absolute atomic E-state index is 12.6. The molecule has 1 amide bonds. The fraction of sp³-hybridized carbons (Fsp3) is 0.130. The monoisotopic (exact) mass is 419 g/mol. The molecule has 4 rings (SSSR count). The van der Waals surface area contributed by atoms with Gasteiger partial charge in [0, 0.05) is 17.4 Å². The zero-order chi connectivity index (χ0) is 20.9. The van der Waals surface area contributed by atoms with Crippen molar-refractivity contribution >= 4 is 34.4 Å². The minimum absolute atomic E-state index is 0.126. The highest BCUT2D eigenvalue weighted by molar-refractivity contribution is 7.99. The third-order valence-electron chi connectivity index (χ3n) is 4.54. The van der Waals surface area contributed by atoms with Crippen molar-refractivity contribution in [2.24, 2.45) is 0 Å². The Morgan fingerprint density at radius 1 is 0.967 bits per heavy atom. The van der Waals surface area contributed by atoms with Crippen LogP contribution in [0.5, 0.6) is 11.5 Å². The SMILES string of the molecule is COc1ccc(NC(=O)CSc2nc3ccccc3n2-c2ccccc2)cc1OC. The van der Waals surface area contributed by atoms with Crippen molar-refractivity contribution in [3.05, 3.63) is 72.8 Å². The number of imidazole rings is 1. The van der Waals surface area contributed by atoms with Crippen molar-refractivity contribution < 1.29 is 14.3 Å². The maximum atomic E-state index is 12.6. The van der Waals surface area contributed by atoms with Gasteiger partial charge in [0.25, 0.3) is 0 Å². The second kappa shape index (κ2) is 8.92. The van der Waals surface area contributed by atoms with Gasteiger partial charge >= 0.3 is 0 Å². The zero-order valence-electron chi connectivity index (χ0n) is 16.7. The summed E-state index contributed by atoms with van der Waals surface area (Å²) in [5.74, 6) is 1.28. The zero-order valence-corrected chi connectivity index (χ0v) is 17.5. The van der Waals surface area contributed by atoms with E-state index in [1.54, 1.807) is 32.4 Å². The number of methoxy groups -OCH3 is 2. The van der Waals surface area contributed by atoms with Crippen LogP contribution in [-0.2, 0) is 4.79 Å². The number of carbonyl (C=O) groups excluding carboxylic acids is 1. The molecule has 0 aliphatic carbocycles. The molecule has 1 heterocycles. The van der Waals surface area contributed by atoms with Crippen LogP contribution in [0, 0.1) is 0 Å². The topological polar surface area (TPSA) is 65.4 Å². The molecule has 4 aromatic rings. The maximum Gasteiger partial charge on any atom is 0.234 e. The number of anilines is 1. The summed E-state index contributed by atoms with van der Waals surface area (Å²) in [6.07, 6.45) is 0. The van der Waals surface area contributed by atoms with E-state index < -0.39 is 0 Å². The van der Waals surface area contributed by atoms with Gasteiger partial charge in [-0.15, -0.1) is 0 Å². The van der Waals surface area contributed by atoms with Crippen molar-refractivity contribution in [2.75, 3.05) is 25.3 Å². The quantitative estimate of drug-likeness (QED) is 0.437. The summed E-state index contributed by atoms with van der Waals surface area (Å²) < 4.78 is 12.6. The number of carbonyl (C=O) groups is 1. The first kappa shape index (κ1) is 19.8. The number of hydrogen-bond donors (Lipinski definition) is 1. The number of nitrogens with one attached hydrogen (secondary N) is 1. The number of hydrogen-bond acceptors (Lipinski definition) is 5. The van der Waals surface area contributed by atoms with E-state index in [9.17, 15) is 4.79 Å². The summed E-state index contributed by atoms with van der Waals surface area (Å²) in [5.41, 5.74) is 3.56. The molecular weight excluding hydrogens is 398 g/mol. The van der Waals surface area contributed by atoms with Gasteiger partial charge in [0.15, 0.2) is 16.7 Å². The summed E-state index contributed by atoms with van der Waals surface area (Å²) in [7, 11) is 3.14. The number of benzene rings is 3. The average molecular weight is 420 g/mol. The van der Waals surface area contributed by atoms with E-state index in [4.69, 9.17) is 14.5 Å². The molecule has 0 atom stereocenters. The number of thioether (sulfide) groups is 1. The summed E-state index contributed by atoms with van der Waals surface area (Å²) >= 11 is 1.40. The molecule has 0 unspecified atom stereocenters. The number of para-hydroxylation sites is 3. The molecular formula is C23H21N3O3S. The third-order valence-corrected chi connectivity index (χ3v) is 5.48. The van der Waals surface area contributed by atoms with Crippen LogP contribution in [0.15, 0.2) is 78.0 Å². The highest BCUT2D eigenvalue weighted by Gasteiger charge is 2.15. The van der Waals surface area contributed by atoms with Gasteiger partial charge in [-0.2, -0.15) is 0 Å². The number of ether oxygens (including phenoxy) is 2. The molecule has 7 heteroatoms. The van der Waals surface area contributed by atoms with Gasteiger partial charge < -0.3 is 14.8 Å². The molecule has 0 aliphatic rings. The van der Waals surface area contributed by atoms with E-state index in [1.807, 2.05) is 54.6 Å². The minimum Gasteiger partial charge on any atom is -0.493 e. The Balaban J connectivity index is 1.53. The molecule has 3 aromatic carbocycles. The van der Waals surface area contributed by atoms with Gasteiger partial charge in [0.05, 0.1) is 31.0 Å². The molecule has 0 radical (unpaired) electrons. The van der Waals surface area contributed by atoms with Crippen molar-refractivity contribution in [3.63, 3.8) is 0 Å². The second-order valence-electron chi connectivity index (χ2n) is 6.46. The first-order valence-electron chi connectivity index (χ1n) is 9.37. The molecule has 0 bridgehead atoms. The van der Waals surface area contributed by atoms with Crippen LogP contribution in [0.25, 0.3) is 16.7 Å². The number of fused-ring (bicyclic) bond motifs is 1. The molecule has 1 N–H and O–H groups in total. The third kappa shape index (κ3) is 4.11. The molecule has 152 valence electrons. The Labute approximate surface area is 178 Å². The number of nitrogens with zero attached hydrogens (tertiary/aromatic N) is 2. The van der Waals surface area contributed by atoms with Gasteiger partial charge in [0.1, 0.15) is 0 Å².